The predicted octanol–water partition coefficient (Wildman–Crippen LogP) is 0.208. The van der Waals surface area contributed by atoms with Crippen molar-refractivity contribution in [3.8, 4) is 0 Å². The smallest absolute Gasteiger partial charge is 0.249 e. The van der Waals surface area contributed by atoms with Crippen LogP contribution in [0.2, 0.25) is 0 Å². The summed E-state index contributed by atoms with van der Waals surface area (Å²) in [5.41, 5.74) is 2.29. The Kier molecular flexibility index (Phi) is 4.62. The first kappa shape index (κ1) is 17.8. The van der Waals surface area contributed by atoms with Crippen molar-refractivity contribution in [1.29, 1.82) is 0 Å². The van der Waals surface area contributed by atoms with Gasteiger partial charge >= 0.3 is 0 Å². The molecule has 3 fully saturated rings. The summed E-state index contributed by atoms with van der Waals surface area (Å²) in [5, 5.41) is 11.7. The third-order valence-corrected chi connectivity index (χ3v) is 5.85. The molecule has 0 radical (unpaired) electrons. The van der Waals surface area contributed by atoms with Crippen molar-refractivity contribution < 1.29 is 10.4 Å². The van der Waals surface area contributed by atoms with Crippen LogP contribution in [0, 0.1) is 0 Å². The monoisotopic (exact) mass is 382 g/mol. The summed E-state index contributed by atoms with van der Waals surface area (Å²) in [7, 11) is 2.17. The van der Waals surface area contributed by atoms with Gasteiger partial charge in [-0.25, -0.2) is 10.3 Å². The molecule has 148 valence electrons. The largest absolute Gasteiger partial charge is 0.389 e. The van der Waals surface area contributed by atoms with Gasteiger partial charge in [0.15, 0.2) is 0 Å². The minimum atomic E-state index is -0.248. The Morgan fingerprint density at radius 3 is 2.39 bits per heavy atom. The van der Waals surface area contributed by atoms with Gasteiger partial charge in [-0.1, -0.05) is 0 Å². The first-order chi connectivity index (χ1) is 13.6. The zero-order chi connectivity index (χ0) is 19.1. The molecule has 3 N–H and O–H groups in total. The molecule has 1 aliphatic carbocycles. The van der Waals surface area contributed by atoms with Crippen molar-refractivity contribution in [1.82, 2.24) is 19.9 Å². The zero-order valence-corrected chi connectivity index (χ0v) is 16.3. The summed E-state index contributed by atoms with van der Waals surface area (Å²) in [6, 6.07) is 4.29. The van der Waals surface area contributed by atoms with Crippen LogP contribution in [-0.2, 0) is 0 Å². The highest BCUT2D eigenvalue weighted by Gasteiger charge is 2.28. The maximum atomic E-state index is 9.70. The second-order valence-electron chi connectivity index (χ2n) is 8.24. The molecule has 2 aromatic rings. The fourth-order valence-electron chi connectivity index (χ4n) is 3.81. The van der Waals surface area contributed by atoms with Crippen LogP contribution in [0.4, 0.5) is 23.1 Å². The van der Waals surface area contributed by atoms with E-state index in [1.807, 2.05) is 17.7 Å². The molecule has 28 heavy (non-hydrogen) atoms. The molecule has 0 unspecified atom stereocenters. The summed E-state index contributed by atoms with van der Waals surface area (Å²) in [6.07, 6.45) is 5.97. The first-order valence-corrected chi connectivity index (χ1v) is 10.2. The Bertz CT molecular complexity index is 825. The van der Waals surface area contributed by atoms with Gasteiger partial charge in [0.25, 0.3) is 0 Å². The number of quaternary nitrogens is 1. The minimum Gasteiger partial charge on any atom is -0.389 e. The van der Waals surface area contributed by atoms with Crippen LogP contribution >= 0.6 is 0 Å². The highest BCUT2D eigenvalue weighted by Crippen LogP contribution is 2.38. The van der Waals surface area contributed by atoms with E-state index in [0.717, 1.165) is 49.3 Å². The molecule has 2 aromatic heterocycles. The lowest BCUT2D eigenvalue weighted by Gasteiger charge is -2.38. The van der Waals surface area contributed by atoms with E-state index in [9.17, 15) is 5.11 Å². The first-order valence-electron chi connectivity index (χ1n) is 10.2. The predicted molar refractivity (Wildman–Crippen MR) is 107 cm³/mol. The van der Waals surface area contributed by atoms with Crippen LogP contribution in [0.3, 0.4) is 0 Å². The summed E-state index contributed by atoms with van der Waals surface area (Å²) >= 11 is 0. The standard InChI is InChI=1S/C20H27N7O/c1-25-4-6-26(7-5-25)15-8-18(24-20(9-15)27-12-16(28)13-27)23-19-11-21-17(10-22-19)14-2-3-14/h8-11,14,16,28H,2-7,12-13H2,1H3,(H,22,23,24)/p+1. The minimum absolute atomic E-state index is 0.248. The van der Waals surface area contributed by atoms with Crippen molar-refractivity contribution >= 4 is 23.1 Å². The van der Waals surface area contributed by atoms with E-state index >= 15 is 0 Å². The van der Waals surface area contributed by atoms with Gasteiger partial charge in [0.05, 0.1) is 18.0 Å². The molecule has 0 amide bonds. The van der Waals surface area contributed by atoms with Crippen LogP contribution in [-0.4, -0.2) is 77.4 Å². The molecule has 0 aromatic carbocycles. The van der Waals surface area contributed by atoms with Gasteiger partial charge < -0.3 is 19.8 Å². The third-order valence-electron chi connectivity index (χ3n) is 5.85. The van der Waals surface area contributed by atoms with Gasteiger partial charge in [0.2, 0.25) is 11.6 Å². The van der Waals surface area contributed by atoms with Crippen molar-refractivity contribution in [3.05, 3.63) is 30.2 Å². The highest BCUT2D eigenvalue weighted by atomic mass is 16.3. The number of rotatable bonds is 5. The summed E-state index contributed by atoms with van der Waals surface area (Å²) in [4.78, 5) is 20.9. The number of piperazine rings is 1. The van der Waals surface area contributed by atoms with Gasteiger partial charge in [0, 0.05) is 63.0 Å². The molecule has 5 rings (SSSR count). The highest BCUT2D eigenvalue weighted by molar-refractivity contribution is 5.60. The molecule has 0 bridgehead atoms. The normalized spacial score (nSPS) is 21.1. The number of β-amino-alcohol motifs (C(OH)–C–C–N with tert-alkyl or cyclic N) is 1. The number of hydrogen-bond donors (Lipinski definition) is 2. The van der Waals surface area contributed by atoms with E-state index in [-0.39, 0.29) is 6.10 Å². The Hall–Kier alpha value is -2.29. The number of aliphatic hydroxyl groups is 1. The number of nitrogens with zero attached hydrogens (tertiary/aromatic N) is 6. The topological polar surface area (TPSA) is 85.2 Å². The number of pyridine rings is 1. The molecule has 0 atom stereocenters. The van der Waals surface area contributed by atoms with E-state index < -0.39 is 0 Å². The number of anilines is 2. The summed E-state index contributed by atoms with van der Waals surface area (Å²) < 4.78 is 0. The lowest BCUT2D eigenvalue weighted by Crippen LogP contribution is -2.72. The van der Waals surface area contributed by atoms with Gasteiger partial charge in [-0.15, -0.1) is 0 Å². The Balaban J connectivity index is 1.38. The number of nitrogens with two attached hydrogens (primary N) is 1. The van der Waals surface area contributed by atoms with Crippen molar-refractivity contribution in [3.63, 3.8) is 0 Å². The maximum Gasteiger partial charge on any atom is 0.249 e. The molecule has 0 spiro atoms. The Morgan fingerprint density at radius 1 is 0.964 bits per heavy atom. The zero-order valence-electron chi connectivity index (χ0n) is 16.3. The summed E-state index contributed by atoms with van der Waals surface area (Å²) in [6.45, 7) is 5.44. The fraction of sp³-hybridized carbons (Fsp3) is 0.550. The molecule has 1 saturated carbocycles. The third kappa shape index (κ3) is 3.80. The second kappa shape index (κ2) is 7.27. The molecule has 2 saturated heterocycles. The molecule has 8 heteroatoms. The SMILES string of the molecule is CN1CCN(c2cc([NH2+]c3cnc(C4CC4)cn3)nc(N3CC(O)C3)c2)CC1. The number of hydrogen-bond acceptors (Lipinski definition) is 7. The summed E-state index contributed by atoms with van der Waals surface area (Å²) in [5.74, 6) is 3.27. The number of aromatic nitrogens is 3. The fourth-order valence-corrected chi connectivity index (χ4v) is 3.81. The van der Waals surface area contributed by atoms with E-state index in [0.29, 0.717) is 19.0 Å². The van der Waals surface area contributed by atoms with E-state index in [1.54, 1.807) is 0 Å². The van der Waals surface area contributed by atoms with Crippen molar-refractivity contribution in [2.45, 2.75) is 24.9 Å². The molecule has 8 nitrogen and oxygen atoms in total. The average molecular weight is 382 g/mol. The van der Waals surface area contributed by atoms with Crippen LogP contribution in [0.5, 0.6) is 0 Å². The van der Waals surface area contributed by atoms with Gasteiger partial charge in [0.1, 0.15) is 12.0 Å². The lowest BCUT2D eigenvalue weighted by atomic mass is 10.1. The maximum absolute atomic E-state index is 9.70. The van der Waals surface area contributed by atoms with Crippen LogP contribution < -0.4 is 15.1 Å². The van der Waals surface area contributed by atoms with Gasteiger partial charge in [-0.2, -0.15) is 4.98 Å². The van der Waals surface area contributed by atoms with Crippen LogP contribution in [0.1, 0.15) is 24.5 Å². The lowest BCUT2D eigenvalue weighted by molar-refractivity contribution is -0.487. The molecular weight excluding hydrogens is 354 g/mol. The molecule has 3 aliphatic rings. The van der Waals surface area contributed by atoms with Gasteiger partial charge in [-0.05, 0) is 19.9 Å². The van der Waals surface area contributed by atoms with Crippen molar-refractivity contribution in [2.24, 2.45) is 0 Å². The number of likely N-dealkylation sites (N-methyl/N-ethyl adjacent to an activating group) is 1. The van der Waals surface area contributed by atoms with E-state index in [4.69, 9.17) is 4.98 Å². The van der Waals surface area contributed by atoms with E-state index in [2.05, 4.69) is 43.8 Å². The van der Waals surface area contributed by atoms with Crippen molar-refractivity contribution in [2.75, 3.05) is 56.1 Å². The van der Waals surface area contributed by atoms with Gasteiger partial charge in [-0.3, -0.25) is 4.98 Å². The van der Waals surface area contributed by atoms with Crippen LogP contribution in [0.15, 0.2) is 24.5 Å². The quantitative estimate of drug-likeness (QED) is 0.765. The molecular formula is C20H28N7O+. The number of aliphatic hydroxyl groups excluding tert-OH is 1. The molecule has 4 heterocycles. The van der Waals surface area contributed by atoms with E-state index in [1.165, 1.54) is 18.5 Å². The van der Waals surface area contributed by atoms with Crippen LogP contribution in [0.25, 0.3) is 0 Å². The molecule has 2 aliphatic heterocycles. The Morgan fingerprint density at radius 2 is 1.75 bits per heavy atom. The Labute approximate surface area is 165 Å². The average Bonchev–Trinajstić information content (AvgIpc) is 3.52. The second-order valence-corrected chi connectivity index (χ2v) is 8.24.